The van der Waals surface area contributed by atoms with Crippen molar-refractivity contribution >= 4 is 17.7 Å². The number of benzene rings is 2. The lowest BCUT2D eigenvalue weighted by Gasteiger charge is -2.38. The molecule has 3 rings (SSSR count). The van der Waals surface area contributed by atoms with Crippen LogP contribution in [0.3, 0.4) is 0 Å². The molecular formula is C25H26O9. The highest BCUT2D eigenvalue weighted by atomic mass is 16.7. The number of hydrogen-bond donors (Lipinski definition) is 3. The van der Waals surface area contributed by atoms with Gasteiger partial charge in [0.25, 0.3) is 0 Å². The minimum Gasteiger partial charge on any atom is -0.459 e. The van der Waals surface area contributed by atoms with E-state index in [1.807, 2.05) is 0 Å². The third-order valence-corrected chi connectivity index (χ3v) is 5.42. The number of ether oxygens (including phenoxy) is 3. The standard InChI is InChI=1S/C25H26O9/c1-3-12-32-24(31)22-20(28)19(27)21(29)25(33-22)34-23(30)14(2)16-10-7-11-17(13-16)18(26)15-8-5-4-6-9-15/h3-11,13-14,19-22,25,27-29H,1,12H2,2H3/t14-,19-,20+,21+,22-,25+/m1/s1. The lowest BCUT2D eigenvalue weighted by atomic mass is 9.95. The van der Waals surface area contributed by atoms with Gasteiger partial charge in [0.05, 0.1) is 5.92 Å². The van der Waals surface area contributed by atoms with E-state index in [9.17, 15) is 29.7 Å². The Morgan fingerprint density at radius 1 is 1.00 bits per heavy atom. The average Bonchev–Trinajstić information content (AvgIpc) is 2.87. The Labute approximate surface area is 196 Å². The van der Waals surface area contributed by atoms with Crippen molar-refractivity contribution in [1.82, 2.24) is 0 Å². The van der Waals surface area contributed by atoms with Gasteiger partial charge >= 0.3 is 11.9 Å². The summed E-state index contributed by atoms with van der Waals surface area (Å²) in [6, 6.07) is 15.1. The highest BCUT2D eigenvalue weighted by Crippen LogP contribution is 2.26. The first-order chi connectivity index (χ1) is 16.2. The average molecular weight is 470 g/mol. The number of carbonyl (C=O) groups excluding carboxylic acids is 3. The summed E-state index contributed by atoms with van der Waals surface area (Å²) in [5, 5.41) is 30.4. The molecule has 0 radical (unpaired) electrons. The molecule has 0 amide bonds. The van der Waals surface area contributed by atoms with Crippen molar-refractivity contribution < 1.29 is 43.9 Å². The zero-order chi connectivity index (χ0) is 24.8. The monoisotopic (exact) mass is 470 g/mol. The van der Waals surface area contributed by atoms with Crippen molar-refractivity contribution in [1.29, 1.82) is 0 Å². The summed E-state index contributed by atoms with van der Waals surface area (Å²) in [6.07, 6.45) is -7.54. The third-order valence-electron chi connectivity index (χ3n) is 5.42. The lowest BCUT2D eigenvalue weighted by Crippen LogP contribution is -2.61. The topological polar surface area (TPSA) is 140 Å². The first-order valence-corrected chi connectivity index (χ1v) is 10.6. The van der Waals surface area contributed by atoms with Gasteiger partial charge in [0.15, 0.2) is 11.9 Å². The van der Waals surface area contributed by atoms with Gasteiger partial charge in [0.1, 0.15) is 24.9 Å². The summed E-state index contributed by atoms with van der Waals surface area (Å²) in [5.74, 6) is -2.95. The predicted molar refractivity (Wildman–Crippen MR) is 119 cm³/mol. The number of aliphatic hydroxyl groups excluding tert-OH is 3. The Bertz CT molecular complexity index is 1040. The second-order valence-electron chi connectivity index (χ2n) is 7.79. The minimum atomic E-state index is -1.82. The van der Waals surface area contributed by atoms with E-state index in [4.69, 9.17) is 14.2 Å². The van der Waals surface area contributed by atoms with Crippen LogP contribution in [0.1, 0.15) is 34.3 Å². The van der Waals surface area contributed by atoms with E-state index in [2.05, 4.69) is 6.58 Å². The molecule has 1 aliphatic heterocycles. The number of aliphatic hydroxyl groups is 3. The largest absolute Gasteiger partial charge is 0.459 e. The van der Waals surface area contributed by atoms with Gasteiger partial charge in [-0.15, -0.1) is 0 Å². The maximum absolute atomic E-state index is 12.8. The third kappa shape index (κ3) is 5.57. The van der Waals surface area contributed by atoms with E-state index in [1.165, 1.54) is 13.0 Å². The van der Waals surface area contributed by atoms with Crippen LogP contribution in [0, 0.1) is 0 Å². The van der Waals surface area contributed by atoms with Crippen LogP contribution in [0.5, 0.6) is 0 Å². The molecule has 9 nitrogen and oxygen atoms in total. The molecule has 1 saturated heterocycles. The molecule has 1 aliphatic rings. The second kappa shape index (κ2) is 11.2. The maximum atomic E-state index is 12.8. The molecule has 180 valence electrons. The van der Waals surface area contributed by atoms with Crippen molar-refractivity contribution in [2.75, 3.05) is 6.61 Å². The maximum Gasteiger partial charge on any atom is 0.338 e. The smallest absolute Gasteiger partial charge is 0.338 e. The van der Waals surface area contributed by atoms with Gasteiger partial charge in [0.2, 0.25) is 6.29 Å². The first kappa shape index (κ1) is 25.3. The molecule has 6 atom stereocenters. The van der Waals surface area contributed by atoms with E-state index >= 15 is 0 Å². The van der Waals surface area contributed by atoms with Gasteiger partial charge < -0.3 is 29.5 Å². The van der Waals surface area contributed by atoms with Crippen molar-refractivity contribution in [3.05, 3.63) is 83.9 Å². The van der Waals surface area contributed by atoms with Gasteiger partial charge in [-0.25, -0.2) is 4.79 Å². The van der Waals surface area contributed by atoms with E-state index in [0.717, 1.165) is 0 Å². The SMILES string of the molecule is C=CCOC(=O)[C@@H]1O[C@@H](OC(=O)[C@H](C)c2cccc(C(=O)c3ccccc3)c2)[C@@H](O)[C@H](O)[C@@H]1O. The van der Waals surface area contributed by atoms with Crippen molar-refractivity contribution in [3.63, 3.8) is 0 Å². The lowest BCUT2D eigenvalue weighted by molar-refractivity contribution is -0.287. The zero-order valence-corrected chi connectivity index (χ0v) is 18.4. The number of rotatable bonds is 8. The summed E-state index contributed by atoms with van der Waals surface area (Å²) in [5.41, 5.74) is 1.34. The summed E-state index contributed by atoms with van der Waals surface area (Å²) in [4.78, 5) is 37.6. The van der Waals surface area contributed by atoms with Crippen LogP contribution >= 0.6 is 0 Å². The Hall–Kier alpha value is -3.37. The predicted octanol–water partition coefficient (Wildman–Crippen LogP) is 1.10. The van der Waals surface area contributed by atoms with Gasteiger partial charge in [-0.05, 0) is 18.6 Å². The quantitative estimate of drug-likeness (QED) is 0.294. The molecule has 0 spiro atoms. The molecule has 1 heterocycles. The van der Waals surface area contributed by atoms with Crippen LogP contribution in [0.15, 0.2) is 67.3 Å². The molecule has 0 saturated carbocycles. The zero-order valence-electron chi connectivity index (χ0n) is 18.4. The molecule has 1 fully saturated rings. The molecular weight excluding hydrogens is 444 g/mol. The van der Waals surface area contributed by atoms with E-state index in [-0.39, 0.29) is 12.4 Å². The minimum absolute atomic E-state index is 0.163. The molecule has 0 unspecified atom stereocenters. The molecule has 3 N–H and O–H groups in total. The van der Waals surface area contributed by atoms with Crippen LogP contribution in [-0.2, 0) is 23.8 Å². The number of ketones is 1. The normalized spacial score (nSPS) is 25.1. The fourth-order valence-corrected chi connectivity index (χ4v) is 3.42. The molecule has 0 bridgehead atoms. The van der Waals surface area contributed by atoms with Crippen LogP contribution in [0.2, 0.25) is 0 Å². The van der Waals surface area contributed by atoms with E-state index in [1.54, 1.807) is 54.6 Å². The number of carbonyl (C=O) groups is 3. The molecule has 0 aromatic heterocycles. The van der Waals surface area contributed by atoms with Crippen LogP contribution in [0.4, 0.5) is 0 Å². The van der Waals surface area contributed by atoms with Crippen LogP contribution in [0.25, 0.3) is 0 Å². The highest BCUT2D eigenvalue weighted by Gasteiger charge is 2.49. The molecule has 2 aromatic rings. The van der Waals surface area contributed by atoms with E-state index < -0.39 is 48.6 Å². The van der Waals surface area contributed by atoms with Gasteiger partial charge in [-0.2, -0.15) is 0 Å². The second-order valence-corrected chi connectivity index (χ2v) is 7.79. The Kier molecular flexibility index (Phi) is 8.30. The van der Waals surface area contributed by atoms with Gasteiger partial charge in [-0.3, -0.25) is 9.59 Å². The number of esters is 2. The number of hydrogen-bond acceptors (Lipinski definition) is 9. The summed E-state index contributed by atoms with van der Waals surface area (Å²) >= 11 is 0. The van der Waals surface area contributed by atoms with Crippen LogP contribution < -0.4 is 0 Å². The summed E-state index contributed by atoms with van der Waals surface area (Å²) in [7, 11) is 0. The van der Waals surface area contributed by atoms with Gasteiger partial charge in [0, 0.05) is 11.1 Å². The van der Waals surface area contributed by atoms with Crippen molar-refractivity contribution in [2.45, 2.75) is 43.5 Å². The Morgan fingerprint density at radius 2 is 1.68 bits per heavy atom. The Morgan fingerprint density at radius 3 is 2.35 bits per heavy atom. The van der Waals surface area contributed by atoms with Gasteiger partial charge in [-0.1, -0.05) is 61.2 Å². The highest BCUT2D eigenvalue weighted by molar-refractivity contribution is 6.09. The first-order valence-electron chi connectivity index (χ1n) is 10.6. The summed E-state index contributed by atoms with van der Waals surface area (Å²) in [6.45, 7) is 4.77. The molecule has 34 heavy (non-hydrogen) atoms. The van der Waals surface area contributed by atoms with Crippen molar-refractivity contribution in [2.24, 2.45) is 0 Å². The fraction of sp³-hybridized carbons (Fsp3) is 0.320. The summed E-state index contributed by atoms with van der Waals surface area (Å²) < 4.78 is 15.3. The molecule has 2 aromatic carbocycles. The van der Waals surface area contributed by atoms with E-state index in [0.29, 0.717) is 16.7 Å². The fourth-order valence-electron chi connectivity index (χ4n) is 3.42. The Balaban J connectivity index is 1.72. The molecule has 9 heteroatoms. The van der Waals surface area contributed by atoms with Crippen molar-refractivity contribution in [3.8, 4) is 0 Å². The van der Waals surface area contributed by atoms with Crippen LogP contribution in [-0.4, -0.2) is 70.4 Å². The molecule has 0 aliphatic carbocycles.